The summed E-state index contributed by atoms with van der Waals surface area (Å²) in [7, 11) is 2.11. The molecular formula is C15H18N4O3. The summed E-state index contributed by atoms with van der Waals surface area (Å²) in [5.74, 6) is 1.44. The molecule has 7 nitrogen and oxygen atoms in total. The first-order valence-electron chi connectivity index (χ1n) is 7.48. The number of pyridine rings is 1. The summed E-state index contributed by atoms with van der Waals surface area (Å²) in [5, 5.41) is 0.957. The Morgan fingerprint density at radius 3 is 2.73 bits per heavy atom. The van der Waals surface area contributed by atoms with Crippen LogP contribution in [0.15, 0.2) is 22.8 Å². The molecule has 2 aliphatic heterocycles. The molecule has 22 heavy (non-hydrogen) atoms. The van der Waals surface area contributed by atoms with Crippen LogP contribution in [0.25, 0.3) is 11.0 Å². The van der Waals surface area contributed by atoms with Gasteiger partial charge in [0.25, 0.3) is 0 Å². The number of aromatic nitrogens is 1. The molecule has 0 radical (unpaired) electrons. The maximum atomic E-state index is 11.8. The van der Waals surface area contributed by atoms with Gasteiger partial charge < -0.3 is 19.0 Å². The third kappa shape index (κ3) is 2.18. The Balaban J connectivity index is 1.75. The van der Waals surface area contributed by atoms with Gasteiger partial charge >= 0.3 is 6.09 Å². The summed E-state index contributed by atoms with van der Waals surface area (Å²) in [6.45, 7) is 4.71. The van der Waals surface area contributed by atoms with E-state index in [-0.39, 0.29) is 6.09 Å². The molecule has 0 bridgehead atoms. The van der Waals surface area contributed by atoms with Crippen LogP contribution in [-0.4, -0.2) is 62.4 Å². The van der Waals surface area contributed by atoms with Crippen LogP contribution in [0.4, 0.5) is 16.4 Å². The molecule has 0 N–H and O–H groups in total. The molecule has 2 aromatic rings. The van der Waals surface area contributed by atoms with E-state index in [4.69, 9.17) is 14.1 Å². The Morgan fingerprint density at radius 2 is 2.00 bits per heavy atom. The van der Waals surface area contributed by atoms with E-state index < -0.39 is 0 Å². The molecule has 0 saturated carbocycles. The van der Waals surface area contributed by atoms with Crippen molar-refractivity contribution in [1.82, 2.24) is 9.88 Å². The minimum Gasteiger partial charge on any atom is -0.460 e. The van der Waals surface area contributed by atoms with E-state index in [1.165, 1.54) is 0 Å². The van der Waals surface area contributed by atoms with Crippen molar-refractivity contribution in [3.8, 4) is 0 Å². The van der Waals surface area contributed by atoms with E-state index in [1.54, 1.807) is 11.2 Å². The number of piperazine rings is 1. The third-order valence-electron chi connectivity index (χ3n) is 4.24. The Bertz CT molecular complexity index is 706. The number of cyclic esters (lactones) is 1. The lowest BCUT2D eigenvalue weighted by Crippen LogP contribution is -2.45. The number of carbonyl (C=O) groups is 1. The van der Waals surface area contributed by atoms with Crippen LogP contribution in [-0.2, 0) is 4.74 Å². The van der Waals surface area contributed by atoms with E-state index >= 15 is 0 Å². The Labute approximate surface area is 128 Å². The van der Waals surface area contributed by atoms with Crippen LogP contribution in [0.5, 0.6) is 0 Å². The molecule has 0 atom stereocenters. The Kier molecular flexibility index (Phi) is 3.15. The Hall–Kier alpha value is -2.28. The van der Waals surface area contributed by atoms with E-state index in [0.717, 1.165) is 43.0 Å². The molecule has 0 aliphatic carbocycles. The molecular weight excluding hydrogens is 284 g/mol. The normalized spacial score (nSPS) is 20.0. The smallest absolute Gasteiger partial charge is 0.415 e. The van der Waals surface area contributed by atoms with Gasteiger partial charge in [0.1, 0.15) is 12.4 Å². The lowest BCUT2D eigenvalue weighted by molar-refractivity contribution is 0.181. The number of hydrogen-bond acceptors (Lipinski definition) is 6. The van der Waals surface area contributed by atoms with Crippen LogP contribution in [0, 0.1) is 0 Å². The highest BCUT2D eigenvalue weighted by Gasteiger charge is 2.27. The zero-order valence-electron chi connectivity index (χ0n) is 12.5. The molecule has 4 rings (SSSR count). The topological polar surface area (TPSA) is 62.0 Å². The second-order valence-corrected chi connectivity index (χ2v) is 5.70. The van der Waals surface area contributed by atoms with Gasteiger partial charge in [-0.25, -0.2) is 9.78 Å². The number of carbonyl (C=O) groups excluding carboxylic acids is 1. The van der Waals surface area contributed by atoms with Crippen LogP contribution < -0.4 is 9.80 Å². The van der Waals surface area contributed by atoms with E-state index in [9.17, 15) is 4.79 Å². The molecule has 4 heterocycles. The van der Waals surface area contributed by atoms with Gasteiger partial charge in [0, 0.05) is 31.6 Å². The second kappa shape index (κ2) is 5.17. The van der Waals surface area contributed by atoms with Crippen LogP contribution in [0.2, 0.25) is 0 Å². The van der Waals surface area contributed by atoms with Gasteiger partial charge in [-0.05, 0) is 19.2 Å². The quantitative estimate of drug-likeness (QED) is 0.838. The maximum Gasteiger partial charge on any atom is 0.415 e. The van der Waals surface area contributed by atoms with E-state index in [2.05, 4.69) is 16.8 Å². The number of hydrogen-bond donors (Lipinski definition) is 0. The number of furan rings is 1. The molecule has 7 heteroatoms. The third-order valence-corrected chi connectivity index (χ3v) is 4.24. The number of rotatable bonds is 2. The minimum absolute atomic E-state index is 0.334. The van der Waals surface area contributed by atoms with Crippen molar-refractivity contribution in [2.24, 2.45) is 0 Å². The minimum atomic E-state index is -0.334. The van der Waals surface area contributed by atoms with E-state index in [1.807, 2.05) is 12.1 Å². The van der Waals surface area contributed by atoms with Crippen molar-refractivity contribution in [3.63, 3.8) is 0 Å². The summed E-state index contributed by atoms with van der Waals surface area (Å²) < 4.78 is 10.6. The molecule has 2 aliphatic rings. The van der Waals surface area contributed by atoms with Gasteiger partial charge in [-0.3, -0.25) is 4.90 Å². The predicted octanol–water partition coefficient (Wildman–Crippen LogP) is 1.54. The standard InChI is InChI=1S/C15H18N4O3/c1-17-3-5-18(6-4-17)14-13-11(2-8-21-13)10-12(16-14)19-7-9-22-15(19)20/h2,8,10H,3-7,9H2,1H3. The first-order valence-corrected chi connectivity index (χ1v) is 7.48. The maximum absolute atomic E-state index is 11.8. The number of fused-ring (bicyclic) bond motifs is 1. The fourth-order valence-electron chi connectivity index (χ4n) is 2.92. The van der Waals surface area contributed by atoms with Crippen LogP contribution in [0.1, 0.15) is 0 Å². The van der Waals surface area contributed by atoms with Crippen molar-refractivity contribution in [1.29, 1.82) is 0 Å². The van der Waals surface area contributed by atoms with Gasteiger partial charge in [-0.2, -0.15) is 0 Å². The van der Waals surface area contributed by atoms with Crippen molar-refractivity contribution < 1.29 is 13.9 Å². The van der Waals surface area contributed by atoms with Crippen molar-refractivity contribution >= 4 is 28.7 Å². The number of nitrogens with zero attached hydrogens (tertiary/aromatic N) is 4. The van der Waals surface area contributed by atoms with Crippen LogP contribution in [0.3, 0.4) is 0 Å². The SMILES string of the molecule is CN1CCN(c2nc(N3CCOC3=O)cc3ccoc23)CC1. The molecule has 2 aromatic heterocycles. The average molecular weight is 302 g/mol. The monoisotopic (exact) mass is 302 g/mol. The molecule has 0 unspecified atom stereocenters. The molecule has 0 spiro atoms. The summed E-state index contributed by atoms with van der Waals surface area (Å²) >= 11 is 0. The number of ether oxygens (including phenoxy) is 1. The fourth-order valence-corrected chi connectivity index (χ4v) is 2.92. The summed E-state index contributed by atoms with van der Waals surface area (Å²) in [6.07, 6.45) is 1.33. The molecule has 1 amide bonds. The van der Waals surface area contributed by atoms with Gasteiger partial charge in [0.2, 0.25) is 0 Å². The lowest BCUT2D eigenvalue weighted by atomic mass is 10.2. The van der Waals surface area contributed by atoms with Gasteiger partial charge in [0.15, 0.2) is 11.4 Å². The molecule has 2 fully saturated rings. The second-order valence-electron chi connectivity index (χ2n) is 5.70. The van der Waals surface area contributed by atoms with E-state index in [0.29, 0.717) is 19.0 Å². The predicted molar refractivity (Wildman–Crippen MR) is 82.4 cm³/mol. The Morgan fingerprint density at radius 1 is 1.18 bits per heavy atom. The highest BCUT2D eigenvalue weighted by Crippen LogP contribution is 2.31. The van der Waals surface area contributed by atoms with Crippen molar-refractivity contribution in [2.45, 2.75) is 0 Å². The summed E-state index contributed by atoms with van der Waals surface area (Å²) in [6, 6.07) is 3.78. The zero-order valence-corrected chi connectivity index (χ0v) is 12.5. The number of likely N-dealkylation sites (N-methyl/N-ethyl adjacent to an activating group) is 1. The molecule has 0 aromatic carbocycles. The molecule has 116 valence electrons. The van der Waals surface area contributed by atoms with Gasteiger partial charge in [-0.1, -0.05) is 0 Å². The van der Waals surface area contributed by atoms with Gasteiger partial charge in [0.05, 0.1) is 12.8 Å². The summed E-state index contributed by atoms with van der Waals surface area (Å²) in [5.41, 5.74) is 0.779. The summed E-state index contributed by atoms with van der Waals surface area (Å²) in [4.78, 5) is 22.6. The van der Waals surface area contributed by atoms with Crippen molar-refractivity contribution in [3.05, 3.63) is 18.4 Å². The number of anilines is 2. The van der Waals surface area contributed by atoms with Crippen molar-refractivity contribution in [2.75, 3.05) is 56.2 Å². The molecule has 2 saturated heterocycles. The first kappa shape index (κ1) is 13.4. The largest absolute Gasteiger partial charge is 0.460 e. The zero-order chi connectivity index (χ0) is 15.1. The highest BCUT2D eigenvalue weighted by atomic mass is 16.6. The number of amides is 1. The first-order chi connectivity index (χ1) is 10.7. The van der Waals surface area contributed by atoms with Crippen LogP contribution >= 0.6 is 0 Å². The van der Waals surface area contributed by atoms with Gasteiger partial charge in [-0.15, -0.1) is 0 Å². The fraction of sp³-hybridized carbons (Fsp3) is 0.467. The average Bonchev–Trinajstić information content (AvgIpc) is 3.15. The highest BCUT2D eigenvalue weighted by molar-refractivity contribution is 5.94. The lowest BCUT2D eigenvalue weighted by Gasteiger charge is -2.33.